The predicted molar refractivity (Wildman–Crippen MR) is 129 cm³/mol. The molecule has 8 nitrogen and oxygen atoms in total. The van der Waals surface area contributed by atoms with Gasteiger partial charge in [0.25, 0.3) is 11.8 Å². The van der Waals surface area contributed by atoms with Gasteiger partial charge in [0, 0.05) is 12.1 Å². The third kappa shape index (κ3) is 6.66. The van der Waals surface area contributed by atoms with Gasteiger partial charge < -0.3 is 4.74 Å². The minimum Gasteiger partial charge on any atom is -0.483 e. The summed E-state index contributed by atoms with van der Waals surface area (Å²) >= 11 is 0. The van der Waals surface area contributed by atoms with Crippen LogP contribution < -0.4 is 20.3 Å². The Morgan fingerprint density at radius 3 is 2.21 bits per heavy atom. The molecule has 34 heavy (non-hydrogen) atoms. The van der Waals surface area contributed by atoms with E-state index in [0.717, 1.165) is 22.3 Å². The van der Waals surface area contributed by atoms with Gasteiger partial charge in [-0.15, -0.1) is 0 Å². The van der Waals surface area contributed by atoms with Gasteiger partial charge in [-0.05, 0) is 55.7 Å². The van der Waals surface area contributed by atoms with Crippen LogP contribution in [0.4, 0.5) is 0 Å². The molecule has 3 aromatic rings. The maximum absolute atomic E-state index is 12.6. The van der Waals surface area contributed by atoms with E-state index in [0.29, 0.717) is 5.75 Å². The highest BCUT2D eigenvalue weighted by Crippen LogP contribution is 2.24. The highest BCUT2D eigenvalue weighted by Gasteiger charge is 2.17. The van der Waals surface area contributed by atoms with Crippen molar-refractivity contribution in [3.8, 4) is 5.75 Å². The van der Waals surface area contributed by atoms with Crippen LogP contribution in [0.15, 0.2) is 71.6 Å². The van der Waals surface area contributed by atoms with Gasteiger partial charge in [-0.2, -0.15) is 0 Å². The van der Waals surface area contributed by atoms with E-state index in [1.54, 1.807) is 12.1 Å². The fourth-order valence-electron chi connectivity index (χ4n) is 3.43. The van der Waals surface area contributed by atoms with Crippen LogP contribution in [0, 0.1) is 20.8 Å². The number of carbonyl (C=O) groups is 2. The van der Waals surface area contributed by atoms with E-state index in [9.17, 15) is 18.0 Å². The second-order valence-electron chi connectivity index (χ2n) is 7.86. The van der Waals surface area contributed by atoms with E-state index in [1.807, 2.05) is 51.1 Å². The molecule has 0 bridgehead atoms. The van der Waals surface area contributed by atoms with Crippen molar-refractivity contribution >= 4 is 21.8 Å². The summed E-state index contributed by atoms with van der Waals surface area (Å²) in [5.41, 5.74) is 8.35. The summed E-state index contributed by atoms with van der Waals surface area (Å²) in [5, 5.41) is 0. The molecule has 178 valence electrons. The van der Waals surface area contributed by atoms with Crippen LogP contribution in [0.5, 0.6) is 5.75 Å². The van der Waals surface area contributed by atoms with Crippen molar-refractivity contribution in [1.29, 1.82) is 0 Å². The van der Waals surface area contributed by atoms with Crippen LogP contribution in [0.25, 0.3) is 0 Å². The number of benzene rings is 3. The van der Waals surface area contributed by atoms with Crippen LogP contribution in [0.1, 0.15) is 32.6 Å². The van der Waals surface area contributed by atoms with E-state index < -0.39 is 21.8 Å². The molecule has 3 N–H and O–H groups in total. The van der Waals surface area contributed by atoms with Crippen LogP contribution >= 0.6 is 0 Å². The molecular weight excluding hydrogens is 454 g/mol. The lowest BCUT2D eigenvalue weighted by Crippen LogP contribution is -2.43. The Balaban J connectivity index is 1.56. The zero-order valence-corrected chi connectivity index (χ0v) is 20.0. The van der Waals surface area contributed by atoms with Crippen LogP contribution in [-0.2, 0) is 21.4 Å². The molecule has 0 aliphatic carbocycles. The van der Waals surface area contributed by atoms with Gasteiger partial charge in [-0.25, -0.2) is 13.1 Å². The van der Waals surface area contributed by atoms with Crippen molar-refractivity contribution in [2.75, 3.05) is 6.61 Å². The summed E-state index contributed by atoms with van der Waals surface area (Å²) in [5.74, 6) is -0.592. The Morgan fingerprint density at radius 2 is 1.53 bits per heavy atom. The average molecular weight is 482 g/mol. The maximum atomic E-state index is 12.6. The number of hydrogen-bond acceptors (Lipinski definition) is 5. The molecule has 0 fully saturated rings. The van der Waals surface area contributed by atoms with E-state index in [4.69, 9.17) is 4.74 Å². The number of hydrogen-bond donors (Lipinski definition) is 3. The molecule has 0 unspecified atom stereocenters. The summed E-state index contributed by atoms with van der Waals surface area (Å²) in [6.45, 7) is 5.60. The van der Waals surface area contributed by atoms with E-state index in [1.165, 1.54) is 24.3 Å². The molecule has 0 saturated carbocycles. The van der Waals surface area contributed by atoms with Crippen molar-refractivity contribution in [2.45, 2.75) is 32.2 Å². The number of ether oxygens (including phenoxy) is 1. The second-order valence-corrected chi connectivity index (χ2v) is 9.62. The largest absolute Gasteiger partial charge is 0.483 e. The van der Waals surface area contributed by atoms with Gasteiger partial charge in [0.05, 0.1) is 4.90 Å². The quantitative estimate of drug-likeness (QED) is 0.428. The van der Waals surface area contributed by atoms with Crippen molar-refractivity contribution in [3.63, 3.8) is 0 Å². The van der Waals surface area contributed by atoms with Gasteiger partial charge in [0.15, 0.2) is 6.61 Å². The number of nitrogens with one attached hydrogen (secondary N) is 3. The molecule has 9 heteroatoms. The Labute approximate surface area is 199 Å². The molecular formula is C25H27N3O5S. The monoisotopic (exact) mass is 481 g/mol. The first-order valence-corrected chi connectivity index (χ1v) is 12.1. The smallest absolute Gasteiger partial charge is 0.276 e. The Kier molecular flexibility index (Phi) is 8.04. The number of amides is 2. The first-order valence-electron chi connectivity index (χ1n) is 10.6. The van der Waals surface area contributed by atoms with Crippen molar-refractivity contribution in [2.24, 2.45) is 0 Å². The molecule has 0 aliphatic rings. The van der Waals surface area contributed by atoms with Gasteiger partial charge in [-0.1, -0.05) is 54.1 Å². The molecule has 0 heterocycles. The molecule has 3 rings (SSSR count). The van der Waals surface area contributed by atoms with Gasteiger partial charge in [0.2, 0.25) is 10.0 Å². The molecule has 0 atom stereocenters. The number of rotatable bonds is 8. The number of sulfonamides is 1. The Bertz CT molecular complexity index is 1270. The molecule has 0 aromatic heterocycles. The standard InChI is InChI=1S/C25H27N3O5S/c1-17-12-18(2)24(19(3)13-17)33-16-23(29)27-28-25(30)21-10-7-11-22(14-21)34(31,32)26-15-20-8-5-4-6-9-20/h4-14,26H,15-16H2,1-3H3,(H,27,29)(H,28,30). The van der Waals surface area contributed by atoms with Crippen molar-refractivity contribution in [3.05, 3.63) is 94.5 Å². The SMILES string of the molecule is Cc1cc(C)c(OCC(=O)NNC(=O)c2cccc(S(=O)(=O)NCc3ccccc3)c2)c(C)c1. The lowest BCUT2D eigenvalue weighted by molar-refractivity contribution is -0.123. The Hall–Kier alpha value is -3.69. The predicted octanol–water partition coefficient (Wildman–Crippen LogP) is 2.93. The molecule has 0 saturated heterocycles. The fourth-order valence-corrected chi connectivity index (χ4v) is 4.49. The van der Waals surface area contributed by atoms with Crippen LogP contribution in [-0.4, -0.2) is 26.8 Å². The lowest BCUT2D eigenvalue weighted by atomic mass is 10.1. The van der Waals surface area contributed by atoms with Crippen molar-refractivity contribution in [1.82, 2.24) is 15.6 Å². The highest BCUT2D eigenvalue weighted by molar-refractivity contribution is 7.89. The highest BCUT2D eigenvalue weighted by atomic mass is 32.2. The summed E-state index contributed by atoms with van der Waals surface area (Å²) < 4.78 is 33.3. The Morgan fingerprint density at radius 1 is 0.853 bits per heavy atom. The second kappa shape index (κ2) is 11.0. The van der Waals surface area contributed by atoms with E-state index in [-0.39, 0.29) is 23.6 Å². The molecule has 0 radical (unpaired) electrons. The zero-order valence-electron chi connectivity index (χ0n) is 19.2. The summed E-state index contributed by atoms with van der Waals surface area (Å²) in [4.78, 5) is 24.5. The number of aryl methyl sites for hydroxylation is 3. The molecule has 3 aromatic carbocycles. The van der Waals surface area contributed by atoms with Gasteiger partial charge in [0.1, 0.15) is 5.75 Å². The molecule has 2 amide bonds. The third-order valence-electron chi connectivity index (χ3n) is 4.98. The maximum Gasteiger partial charge on any atom is 0.276 e. The van der Waals surface area contributed by atoms with E-state index in [2.05, 4.69) is 15.6 Å². The molecule has 0 spiro atoms. The topological polar surface area (TPSA) is 114 Å². The summed E-state index contributed by atoms with van der Waals surface area (Å²) in [7, 11) is -3.83. The first-order chi connectivity index (χ1) is 16.2. The molecule has 0 aliphatic heterocycles. The van der Waals surface area contributed by atoms with Crippen LogP contribution in [0.3, 0.4) is 0 Å². The zero-order chi connectivity index (χ0) is 24.7. The summed E-state index contributed by atoms with van der Waals surface area (Å²) in [6, 6.07) is 18.5. The lowest BCUT2D eigenvalue weighted by Gasteiger charge is -2.13. The van der Waals surface area contributed by atoms with Crippen LogP contribution in [0.2, 0.25) is 0 Å². The van der Waals surface area contributed by atoms with E-state index >= 15 is 0 Å². The summed E-state index contributed by atoms with van der Waals surface area (Å²) in [6.07, 6.45) is 0. The average Bonchev–Trinajstić information content (AvgIpc) is 2.81. The van der Waals surface area contributed by atoms with Gasteiger partial charge >= 0.3 is 0 Å². The normalized spacial score (nSPS) is 11.0. The first kappa shape index (κ1) is 24.9. The number of carbonyl (C=O) groups excluding carboxylic acids is 2. The van der Waals surface area contributed by atoms with Crippen molar-refractivity contribution < 1.29 is 22.7 Å². The minimum atomic E-state index is -3.83. The third-order valence-corrected chi connectivity index (χ3v) is 6.38. The minimum absolute atomic E-state index is 0.0592. The number of hydrazine groups is 1. The fraction of sp³-hybridized carbons (Fsp3) is 0.200. The van der Waals surface area contributed by atoms with Gasteiger partial charge in [-0.3, -0.25) is 20.4 Å².